The number of benzene rings is 1. The third-order valence-electron chi connectivity index (χ3n) is 3.00. The molecule has 1 aromatic carbocycles. The first-order valence-corrected chi connectivity index (χ1v) is 7.84. The van der Waals surface area contributed by atoms with Crippen LogP contribution in [0.1, 0.15) is 23.2 Å². The number of carbonyl (C=O) groups is 1. The molecular weight excluding hydrogens is 427 g/mol. The largest absolute Gasteiger partial charge is 0.392 e. The molecule has 18 heavy (non-hydrogen) atoms. The van der Waals surface area contributed by atoms with Crippen LogP contribution in [0.15, 0.2) is 22.7 Å². The molecule has 1 aromatic rings. The highest BCUT2D eigenvalue weighted by atomic mass is 127. The molecule has 2 N–H and O–H groups in total. The fourth-order valence-corrected chi connectivity index (χ4v) is 3.29. The molecule has 1 heterocycles. The molecule has 2 rings (SSSR count). The van der Waals surface area contributed by atoms with Crippen molar-refractivity contribution in [3.8, 4) is 0 Å². The van der Waals surface area contributed by atoms with Crippen LogP contribution in [-0.4, -0.2) is 28.4 Å². The monoisotopic (exact) mass is 438 g/mol. The molecule has 0 saturated carbocycles. The van der Waals surface area contributed by atoms with E-state index in [2.05, 4.69) is 38.5 Å². The Morgan fingerprint density at radius 1 is 1.56 bits per heavy atom. The molecule has 3 nitrogen and oxygen atoms in total. The first-order chi connectivity index (χ1) is 8.50. The summed E-state index contributed by atoms with van der Waals surface area (Å²) in [5.41, 5.74) is 6.40. The number of amides is 1. The van der Waals surface area contributed by atoms with E-state index in [1.807, 2.05) is 18.2 Å². The van der Waals surface area contributed by atoms with Gasteiger partial charge in [0, 0.05) is 14.6 Å². The SMILES string of the molecule is NC(=S)C1CCCN1C(=O)c1cc(Br)ccc1I. The minimum Gasteiger partial charge on any atom is -0.392 e. The van der Waals surface area contributed by atoms with Crippen LogP contribution < -0.4 is 5.73 Å². The summed E-state index contributed by atoms with van der Waals surface area (Å²) < 4.78 is 1.84. The van der Waals surface area contributed by atoms with Crippen molar-refractivity contribution in [3.63, 3.8) is 0 Å². The molecule has 1 unspecified atom stereocenters. The lowest BCUT2D eigenvalue weighted by atomic mass is 10.1. The maximum Gasteiger partial charge on any atom is 0.255 e. The van der Waals surface area contributed by atoms with Crippen molar-refractivity contribution in [2.45, 2.75) is 18.9 Å². The summed E-state index contributed by atoms with van der Waals surface area (Å²) in [5.74, 6) is 0.0102. The summed E-state index contributed by atoms with van der Waals surface area (Å²) in [6.07, 6.45) is 1.82. The lowest BCUT2D eigenvalue weighted by molar-refractivity contribution is 0.0769. The summed E-state index contributed by atoms with van der Waals surface area (Å²) in [6.45, 7) is 0.726. The number of likely N-dealkylation sites (tertiary alicyclic amines) is 1. The Morgan fingerprint density at radius 2 is 2.28 bits per heavy atom. The van der Waals surface area contributed by atoms with Crippen molar-refractivity contribution in [1.82, 2.24) is 4.90 Å². The highest BCUT2D eigenvalue weighted by Gasteiger charge is 2.31. The first-order valence-electron chi connectivity index (χ1n) is 5.56. The molecule has 1 saturated heterocycles. The van der Waals surface area contributed by atoms with Crippen molar-refractivity contribution < 1.29 is 4.79 Å². The van der Waals surface area contributed by atoms with Crippen LogP contribution in [0.25, 0.3) is 0 Å². The lowest BCUT2D eigenvalue weighted by Gasteiger charge is -2.24. The van der Waals surface area contributed by atoms with E-state index in [1.165, 1.54) is 0 Å². The van der Waals surface area contributed by atoms with Crippen molar-refractivity contribution in [2.24, 2.45) is 5.73 Å². The van der Waals surface area contributed by atoms with Gasteiger partial charge in [-0.3, -0.25) is 4.79 Å². The first kappa shape index (κ1) is 14.2. The molecule has 1 amide bonds. The fraction of sp³-hybridized carbons (Fsp3) is 0.333. The molecule has 1 aliphatic heterocycles. The summed E-state index contributed by atoms with van der Waals surface area (Å²) in [4.78, 5) is 14.7. The average Bonchev–Trinajstić information content (AvgIpc) is 2.80. The van der Waals surface area contributed by atoms with Crippen molar-refractivity contribution >= 4 is 61.6 Å². The van der Waals surface area contributed by atoms with Crippen LogP contribution in [0.2, 0.25) is 0 Å². The van der Waals surface area contributed by atoms with Gasteiger partial charge in [-0.1, -0.05) is 28.1 Å². The normalized spacial score (nSPS) is 19.0. The Hall–Kier alpha value is -0.210. The third kappa shape index (κ3) is 2.85. The summed E-state index contributed by atoms with van der Waals surface area (Å²) in [5, 5.41) is 0. The second-order valence-corrected chi connectivity index (χ2v) is 6.73. The molecule has 0 spiro atoms. The maximum atomic E-state index is 12.5. The van der Waals surface area contributed by atoms with E-state index >= 15 is 0 Å². The van der Waals surface area contributed by atoms with Gasteiger partial charge < -0.3 is 10.6 Å². The number of rotatable bonds is 2. The Morgan fingerprint density at radius 3 is 2.94 bits per heavy atom. The predicted octanol–water partition coefficient (Wildman–Crippen LogP) is 2.94. The summed E-state index contributed by atoms with van der Waals surface area (Å²) >= 11 is 10.6. The minimum absolute atomic E-state index is 0.0102. The van der Waals surface area contributed by atoms with Crippen LogP contribution in [0, 0.1) is 3.57 Å². The van der Waals surface area contributed by atoms with Gasteiger partial charge in [-0.25, -0.2) is 0 Å². The van der Waals surface area contributed by atoms with Crippen LogP contribution >= 0.6 is 50.7 Å². The number of thiocarbonyl (C=S) groups is 1. The molecule has 1 atom stereocenters. The zero-order valence-electron chi connectivity index (χ0n) is 9.53. The molecule has 96 valence electrons. The molecular formula is C12H12BrIN2OS. The minimum atomic E-state index is -0.0951. The van der Waals surface area contributed by atoms with Gasteiger partial charge in [-0.05, 0) is 53.6 Å². The second kappa shape index (κ2) is 5.83. The molecule has 0 radical (unpaired) electrons. The number of hydrogen-bond acceptors (Lipinski definition) is 2. The van der Waals surface area contributed by atoms with E-state index in [4.69, 9.17) is 18.0 Å². The molecule has 6 heteroatoms. The zero-order chi connectivity index (χ0) is 13.3. The fourth-order valence-electron chi connectivity index (χ4n) is 2.12. The van der Waals surface area contributed by atoms with E-state index < -0.39 is 0 Å². The molecule has 0 aliphatic carbocycles. The van der Waals surface area contributed by atoms with Crippen LogP contribution in [-0.2, 0) is 0 Å². The van der Waals surface area contributed by atoms with Crippen LogP contribution in [0.3, 0.4) is 0 Å². The van der Waals surface area contributed by atoms with E-state index in [0.717, 1.165) is 27.4 Å². The highest BCUT2D eigenvalue weighted by molar-refractivity contribution is 14.1. The third-order valence-corrected chi connectivity index (χ3v) is 4.71. The topological polar surface area (TPSA) is 46.3 Å². The smallest absolute Gasteiger partial charge is 0.255 e. The standard InChI is InChI=1S/C12H12BrIN2OS/c13-7-3-4-9(14)8(6-7)12(17)16-5-1-2-10(16)11(15)18/h3-4,6,10H,1-2,5H2,(H2,15,18). The predicted molar refractivity (Wildman–Crippen MR) is 87.7 cm³/mol. The number of halogens is 2. The maximum absolute atomic E-state index is 12.5. The zero-order valence-corrected chi connectivity index (χ0v) is 14.1. The Balaban J connectivity index is 2.31. The Kier molecular flexibility index (Phi) is 4.60. The number of nitrogens with zero attached hydrogens (tertiary/aromatic N) is 1. The van der Waals surface area contributed by atoms with Gasteiger partial charge in [-0.2, -0.15) is 0 Å². The van der Waals surface area contributed by atoms with Gasteiger partial charge in [-0.15, -0.1) is 0 Å². The van der Waals surface area contributed by atoms with Crippen molar-refractivity contribution in [2.75, 3.05) is 6.54 Å². The number of hydrogen-bond donors (Lipinski definition) is 1. The molecule has 1 aliphatic rings. The van der Waals surface area contributed by atoms with Gasteiger partial charge >= 0.3 is 0 Å². The summed E-state index contributed by atoms with van der Waals surface area (Å²) in [6, 6.07) is 5.60. The van der Waals surface area contributed by atoms with Gasteiger partial charge in [0.15, 0.2) is 0 Å². The molecule has 1 fully saturated rings. The van der Waals surface area contributed by atoms with Crippen molar-refractivity contribution in [3.05, 3.63) is 31.8 Å². The van der Waals surface area contributed by atoms with Gasteiger partial charge in [0.2, 0.25) is 0 Å². The van der Waals surface area contributed by atoms with Gasteiger partial charge in [0.1, 0.15) is 0 Å². The van der Waals surface area contributed by atoms with E-state index in [9.17, 15) is 4.79 Å². The van der Waals surface area contributed by atoms with Crippen LogP contribution in [0.5, 0.6) is 0 Å². The lowest BCUT2D eigenvalue weighted by Crippen LogP contribution is -2.43. The van der Waals surface area contributed by atoms with Crippen molar-refractivity contribution in [1.29, 1.82) is 0 Å². The average molecular weight is 439 g/mol. The Bertz CT molecular complexity index is 509. The van der Waals surface area contributed by atoms with Crippen LogP contribution in [0.4, 0.5) is 0 Å². The van der Waals surface area contributed by atoms with E-state index in [-0.39, 0.29) is 11.9 Å². The number of nitrogens with two attached hydrogens (primary N) is 1. The van der Waals surface area contributed by atoms with Gasteiger partial charge in [0.05, 0.1) is 16.6 Å². The van der Waals surface area contributed by atoms with Gasteiger partial charge in [0.25, 0.3) is 5.91 Å². The summed E-state index contributed by atoms with van der Waals surface area (Å²) in [7, 11) is 0. The molecule has 0 aromatic heterocycles. The number of carbonyl (C=O) groups excluding carboxylic acids is 1. The van der Waals surface area contributed by atoms with E-state index in [0.29, 0.717) is 10.6 Å². The molecule has 0 bridgehead atoms. The Labute approximate surface area is 133 Å². The van der Waals surface area contributed by atoms with E-state index in [1.54, 1.807) is 4.90 Å². The second-order valence-electron chi connectivity index (χ2n) is 4.18. The highest BCUT2D eigenvalue weighted by Crippen LogP contribution is 2.24. The quantitative estimate of drug-likeness (QED) is 0.570.